The van der Waals surface area contributed by atoms with Crippen molar-refractivity contribution in [3.05, 3.63) is 11.6 Å². The summed E-state index contributed by atoms with van der Waals surface area (Å²) in [6.45, 7) is 7.49. The predicted molar refractivity (Wildman–Crippen MR) is 124 cm³/mol. The number of carbonyl (C=O) groups is 3. The molecule has 0 bridgehead atoms. The van der Waals surface area contributed by atoms with E-state index >= 15 is 0 Å². The van der Waals surface area contributed by atoms with E-state index in [9.17, 15) is 19.5 Å². The van der Waals surface area contributed by atoms with Crippen molar-refractivity contribution in [2.45, 2.75) is 110 Å². The molecule has 0 aromatic heterocycles. The highest BCUT2D eigenvalue weighted by molar-refractivity contribution is 5.96. The summed E-state index contributed by atoms with van der Waals surface area (Å²) < 4.78 is 6.11. The van der Waals surface area contributed by atoms with Crippen LogP contribution in [0.5, 0.6) is 0 Å². The number of unbranched alkanes of at least 4 members (excludes halogenated alkanes) is 4. The molecule has 0 heterocycles. The van der Waals surface area contributed by atoms with E-state index in [1.54, 1.807) is 6.08 Å². The molecule has 9 nitrogen and oxygen atoms in total. The van der Waals surface area contributed by atoms with E-state index in [-0.39, 0.29) is 35.9 Å². The molecule has 0 radical (unpaired) electrons. The van der Waals surface area contributed by atoms with Gasteiger partial charge in [0.15, 0.2) is 5.96 Å². The van der Waals surface area contributed by atoms with E-state index in [0.29, 0.717) is 6.42 Å². The van der Waals surface area contributed by atoms with Gasteiger partial charge < -0.3 is 20.9 Å². The summed E-state index contributed by atoms with van der Waals surface area (Å²) in [5.41, 5.74) is 6.11. The van der Waals surface area contributed by atoms with Gasteiger partial charge in [0.05, 0.1) is 24.3 Å². The van der Waals surface area contributed by atoms with E-state index in [0.717, 1.165) is 44.9 Å². The Bertz CT molecular complexity index is 688. The number of carboxylic acids is 1. The van der Waals surface area contributed by atoms with E-state index in [1.165, 1.54) is 6.92 Å². The third-order valence-electron chi connectivity index (χ3n) is 5.55. The Morgan fingerprint density at radius 2 is 1.84 bits per heavy atom. The first-order valence-corrected chi connectivity index (χ1v) is 11.7. The number of carbonyl (C=O) groups excluding carboxylic acids is 2. The minimum Gasteiger partial charge on any atom is -0.478 e. The first-order chi connectivity index (χ1) is 15.2. The number of aliphatic carboxylic acids is 1. The summed E-state index contributed by atoms with van der Waals surface area (Å²) in [6.07, 6.45) is 7.83. The molecule has 182 valence electrons. The number of carboxylic acid groups (broad SMARTS) is 1. The van der Waals surface area contributed by atoms with Gasteiger partial charge in [-0.2, -0.15) is 0 Å². The van der Waals surface area contributed by atoms with Crippen molar-refractivity contribution in [2.24, 2.45) is 10.7 Å². The van der Waals surface area contributed by atoms with Crippen LogP contribution in [0.25, 0.3) is 0 Å². The number of nitrogens with one attached hydrogen (secondary N) is 2. The Morgan fingerprint density at radius 1 is 1.19 bits per heavy atom. The number of nitrogens with two attached hydrogens (primary N) is 1. The SMILES string of the molecule is CCCCCCCC(=O)NC(N)=N[C@H]1CC(C(=O)O)=C[C@@H](OC(CC)CC)[C@@H]1NC(C)=O. The van der Waals surface area contributed by atoms with E-state index in [2.05, 4.69) is 22.5 Å². The molecule has 0 saturated carbocycles. The second-order valence-corrected chi connectivity index (χ2v) is 8.26. The molecule has 9 heteroatoms. The first kappa shape index (κ1) is 27.6. The topological polar surface area (TPSA) is 143 Å². The van der Waals surface area contributed by atoms with Gasteiger partial charge in [0.2, 0.25) is 11.8 Å². The van der Waals surface area contributed by atoms with Crippen LogP contribution in [0, 0.1) is 0 Å². The lowest BCUT2D eigenvalue weighted by molar-refractivity contribution is -0.133. The number of aliphatic imine (C=N–C) groups is 1. The zero-order chi connectivity index (χ0) is 24.1. The largest absolute Gasteiger partial charge is 0.478 e. The maximum Gasteiger partial charge on any atom is 0.331 e. The molecular formula is C23H40N4O5. The Balaban J connectivity index is 2.97. The monoisotopic (exact) mass is 452 g/mol. The Hall–Kier alpha value is -2.42. The zero-order valence-corrected chi connectivity index (χ0v) is 19.9. The summed E-state index contributed by atoms with van der Waals surface area (Å²) in [6, 6.07) is -1.28. The Morgan fingerprint density at radius 3 is 2.41 bits per heavy atom. The van der Waals surface area contributed by atoms with Gasteiger partial charge in [0.25, 0.3) is 0 Å². The second kappa shape index (κ2) is 14.6. The number of rotatable bonds is 13. The van der Waals surface area contributed by atoms with Crippen LogP contribution >= 0.6 is 0 Å². The van der Waals surface area contributed by atoms with Crippen LogP contribution < -0.4 is 16.4 Å². The quantitative estimate of drug-likeness (QED) is 0.192. The number of nitrogens with zero attached hydrogens (tertiary/aromatic N) is 1. The summed E-state index contributed by atoms with van der Waals surface area (Å²) in [5.74, 6) is -1.67. The van der Waals surface area contributed by atoms with Crippen molar-refractivity contribution < 1.29 is 24.2 Å². The van der Waals surface area contributed by atoms with Crippen LogP contribution in [0.15, 0.2) is 16.6 Å². The van der Waals surface area contributed by atoms with Crippen LogP contribution in [-0.2, 0) is 19.1 Å². The molecular weight excluding hydrogens is 412 g/mol. The van der Waals surface area contributed by atoms with Crippen LogP contribution in [-0.4, -0.2) is 53.1 Å². The van der Waals surface area contributed by atoms with Gasteiger partial charge in [-0.25, -0.2) is 9.79 Å². The van der Waals surface area contributed by atoms with Gasteiger partial charge >= 0.3 is 5.97 Å². The van der Waals surface area contributed by atoms with Gasteiger partial charge in [0.1, 0.15) is 0 Å². The lowest BCUT2D eigenvalue weighted by Crippen LogP contribution is -2.54. The van der Waals surface area contributed by atoms with Crippen LogP contribution in [0.2, 0.25) is 0 Å². The fourth-order valence-electron chi connectivity index (χ4n) is 3.77. The van der Waals surface area contributed by atoms with Gasteiger partial charge in [-0.15, -0.1) is 0 Å². The lowest BCUT2D eigenvalue weighted by Gasteiger charge is -2.36. The Kier molecular flexibility index (Phi) is 12.6. The van der Waals surface area contributed by atoms with E-state index in [1.807, 2.05) is 13.8 Å². The van der Waals surface area contributed by atoms with Crippen LogP contribution in [0.4, 0.5) is 0 Å². The highest BCUT2D eigenvalue weighted by Crippen LogP contribution is 2.26. The third-order valence-corrected chi connectivity index (χ3v) is 5.55. The van der Waals surface area contributed by atoms with Crippen LogP contribution in [0.3, 0.4) is 0 Å². The lowest BCUT2D eigenvalue weighted by atomic mass is 9.88. The predicted octanol–water partition coefficient (Wildman–Crippen LogP) is 2.64. The average molecular weight is 453 g/mol. The highest BCUT2D eigenvalue weighted by atomic mass is 16.5. The van der Waals surface area contributed by atoms with Crippen molar-refractivity contribution in [1.29, 1.82) is 0 Å². The number of hydrogen-bond donors (Lipinski definition) is 4. The van der Waals surface area contributed by atoms with Gasteiger partial charge in [0, 0.05) is 25.3 Å². The molecule has 0 aromatic carbocycles. The van der Waals surface area contributed by atoms with Crippen molar-refractivity contribution in [3.63, 3.8) is 0 Å². The minimum absolute atomic E-state index is 0.0661. The van der Waals surface area contributed by atoms with Crippen molar-refractivity contribution in [3.8, 4) is 0 Å². The minimum atomic E-state index is -1.07. The molecule has 32 heavy (non-hydrogen) atoms. The number of hydrogen-bond acceptors (Lipinski definition) is 5. The molecule has 3 atom stereocenters. The zero-order valence-electron chi connectivity index (χ0n) is 19.9. The molecule has 0 aromatic rings. The molecule has 0 spiro atoms. The molecule has 1 rings (SSSR count). The molecule has 0 unspecified atom stereocenters. The first-order valence-electron chi connectivity index (χ1n) is 11.7. The summed E-state index contributed by atoms with van der Waals surface area (Å²) in [5, 5.41) is 15.0. The molecule has 0 fully saturated rings. The highest BCUT2D eigenvalue weighted by Gasteiger charge is 2.37. The molecule has 5 N–H and O–H groups in total. The molecule has 1 aliphatic rings. The second-order valence-electron chi connectivity index (χ2n) is 8.26. The number of guanidine groups is 1. The fourth-order valence-corrected chi connectivity index (χ4v) is 3.77. The molecule has 0 aliphatic heterocycles. The summed E-state index contributed by atoms with van der Waals surface area (Å²) >= 11 is 0. The van der Waals surface area contributed by atoms with Gasteiger partial charge in [-0.3, -0.25) is 14.9 Å². The smallest absolute Gasteiger partial charge is 0.331 e. The average Bonchev–Trinajstić information content (AvgIpc) is 2.72. The third kappa shape index (κ3) is 9.80. The van der Waals surface area contributed by atoms with Crippen molar-refractivity contribution in [2.75, 3.05) is 0 Å². The molecule has 1 aliphatic carbocycles. The Labute approximate surface area is 191 Å². The summed E-state index contributed by atoms with van der Waals surface area (Å²) in [4.78, 5) is 40.1. The van der Waals surface area contributed by atoms with Gasteiger partial charge in [-0.05, 0) is 25.3 Å². The molecule has 0 saturated heterocycles. The normalized spacial score (nSPS) is 21.2. The van der Waals surface area contributed by atoms with E-state index in [4.69, 9.17) is 10.5 Å². The van der Waals surface area contributed by atoms with E-state index < -0.39 is 24.2 Å². The van der Waals surface area contributed by atoms with Gasteiger partial charge in [-0.1, -0.05) is 46.5 Å². The standard InChI is InChI=1S/C23H40N4O5/c1-5-8-9-10-11-12-20(29)27-23(24)26-18-13-16(22(30)31)14-19(21(18)25-15(4)28)32-17(6-2)7-3/h14,17-19,21H,5-13H2,1-4H3,(H,25,28)(H,30,31)(H3,24,26,27,29)/t18-,19+,21+/m0/s1. The van der Waals surface area contributed by atoms with Crippen molar-refractivity contribution >= 4 is 23.7 Å². The molecule has 2 amide bonds. The maximum absolute atomic E-state index is 12.2. The number of amides is 2. The maximum atomic E-state index is 12.2. The fraction of sp³-hybridized carbons (Fsp3) is 0.739. The summed E-state index contributed by atoms with van der Waals surface area (Å²) in [7, 11) is 0. The van der Waals surface area contributed by atoms with Crippen LogP contribution in [0.1, 0.15) is 85.5 Å². The number of ether oxygens (including phenoxy) is 1. The van der Waals surface area contributed by atoms with Crippen molar-refractivity contribution in [1.82, 2.24) is 10.6 Å².